The molecule has 0 aliphatic carbocycles. The van der Waals surface area contributed by atoms with Crippen LogP contribution < -0.4 is 10.0 Å². The first-order valence-corrected chi connectivity index (χ1v) is 8.65. The van der Waals surface area contributed by atoms with E-state index in [1.165, 1.54) is 66.9 Å². The lowest BCUT2D eigenvalue weighted by atomic mass is 10.1. The number of alkyl halides is 3. The van der Waals surface area contributed by atoms with Gasteiger partial charge < -0.3 is 10.5 Å². The normalized spacial score (nSPS) is 11.5. The number of non-ortho nitro benzene ring substituents is 1. The van der Waals surface area contributed by atoms with Crippen molar-refractivity contribution in [1.82, 2.24) is 4.98 Å². The molecule has 1 amide bonds. The van der Waals surface area contributed by atoms with E-state index in [2.05, 4.69) is 4.98 Å². The zero-order valence-corrected chi connectivity index (χ0v) is 15.5. The molecule has 3 rings (SSSR count). The van der Waals surface area contributed by atoms with Crippen LogP contribution in [0.3, 0.4) is 0 Å². The number of aromatic nitrogens is 2. The first kappa shape index (κ1) is 21.4. The Morgan fingerprint density at radius 3 is 2.55 bits per heavy atom. The summed E-state index contributed by atoms with van der Waals surface area (Å²) in [7, 11) is 0. The topological polar surface area (TPSA) is 112 Å². The summed E-state index contributed by atoms with van der Waals surface area (Å²) in [6.45, 7) is 0. The molecule has 0 unspecified atom stereocenters. The molecular weight excluding hydrogens is 417 g/mol. The van der Waals surface area contributed by atoms with Gasteiger partial charge in [0.15, 0.2) is 0 Å². The molecule has 158 valence electrons. The lowest BCUT2D eigenvalue weighted by Gasteiger charge is -2.09. The molecule has 0 saturated heterocycles. The zero-order valence-electron chi connectivity index (χ0n) is 15.5. The van der Waals surface area contributed by atoms with Gasteiger partial charge in [-0.3, -0.25) is 14.9 Å². The maximum absolute atomic E-state index is 12.6. The Kier molecular flexibility index (Phi) is 5.95. The summed E-state index contributed by atoms with van der Waals surface area (Å²) in [5, 5.41) is 25.3. The minimum absolute atomic E-state index is 0.0583. The molecule has 1 heterocycles. The van der Waals surface area contributed by atoms with Gasteiger partial charge in [0.1, 0.15) is 11.9 Å². The van der Waals surface area contributed by atoms with E-state index in [-0.39, 0.29) is 28.5 Å². The largest absolute Gasteiger partial charge is 0.710 e. The Morgan fingerprint density at radius 2 is 1.84 bits per heavy atom. The first-order valence-electron chi connectivity index (χ1n) is 8.65. The second-order valence-electron chi connectivity index (χ2n) is 6.21. The second kappa shape index (κ2) is 8.61. The number of amides is 1. The monoisotopic (exact) mass is 430 g/mol. The molecular formula is C20H13F3N4O4. The highest BCUT2D eigenvalue weighted by Crippen LogP contribution is 2.21. The summed E-state index contributed by atoms with van der Waals surface area (Å²) in [6, 6.07) is 12.4. The highest BCUT2D eigenvalue weighted by Gasteiger charge is 2.38. The molecule has 0 radical (unpaired) electrons. The van der Waals surface area contributed by atoms with Crippen LogP contribution >= 0.6 is 0 Å². The van der Waals surface area contributed by atoms with Crippen LogP contribution in [0.5, 0.6) is 0 Å². The summed E-state index contributed by atoms with van der Waals surface area (Å²) in [4.78, 5) is 25.4. The SMILES string of the molecule is O=C(Nc1cccc(/C=C/c2ccnc(-c3cccc([N+](=O)[O-])c3)[n+]2[O-])c1)C(F)(F)F. The van der Waals surface area contributed by atoms with Crippen molar-refractivity contribution in [3.63, 3.8) is 0 Å². The number of halogens is 3. The van der Waals surface area contributed by atoms with Gasteiger partial charge in [0, 0.05) is 23.9 Å². The molecule has 2 aromatic carbocycles. The van der Waals surface area contributed by atoms with Crippen molar-refractivity contribution in [1.29, 1.82) is 0 Å². The smallest absolute Gasteiger partial charge is 0.471 e. The Bertz CT molecular complexity index is 1180. The predicted molar refractivity (Wildman–Crippen MR) is 105 cm³/mol. The van der Waals surface area contributed by atoms with Crippen molar-refractivity contribution in [3.05, 3.63) is 87.4 Å². The van der Waals surface area contributed by atoms with E-state index in [0.29, 0.717) is 10.3 Å². The van der Waals surface area contributed by atoms with Gasteiger partial charge in [-0.05, 0) is 34.8 Å². The number of hydrogen-bond donors (Lipinski definition) is 1. The standard InChI is InChI=1S/C20H13F3N4O4/c21-20(22,23)19(28)25-15-5-1-3-13(11-15)7-8-16-9-10-24-18(26(16)29)14-4-2-6-17(12-14)27(30)31/h1-12H,(H,25,28)/b8-7+. The van der Waals surface area contributed by atoms with E-state index in [1.54, 1.807) is 11.4 Å². The second-order valence-corrected chi connectivity index (χ2v) is 6.21. The third kappa shape index (κ3) is 5.21. The predicted octanol–water partition coefficient (Wildman–Crippen LogP) is 3.96. The summed E-state index contributed by atoms with van der Waals surface area (Å²) in [5.41, 5.74) is 0.552. The number of carbonyl (C=O) groups is 1. The van der Waals surface area contributed by atoms with Crippen LogP contribution in [0.2, 0.25) is 0 Å². The number of nitrogens with one attached hydrogen (secondary N) is 1. The Labute approximate surface area is 173 Å². The molecule has 0 aliphatic rings. The number of benzene rings is 2. The molecule has 0 aliphatic heterocycles. The number of rotatable bonds is 5. The lowest BCUT2D eigenvalue weighted by molar-refractivity contribution is -0.598. The Hall–Kier alpha value is -4.28. The van der Waals surface area contributed by atoms with Crippen LogP contribution in [0, 0.1) is 15.3 Å². The maximum atomic E-state index is 12.6. The average Bonchev–Trinajstić information content (AvgIpc) is 2.72. The van der Waals surface area contributed by atoms with Crippen LogP contribution in [-0.2, 0) is 4.79 Å². The van der Waals surface area contributed by atoms with Crippen LogP contribution in [0.15, 0.2) is 60.8 Å². The van der Waals surface area contributed by atoms with Gasteiger partial charge in [-0.2, -0.15) is 13.2 Å². The average molecular weight is 430 g/mol. The fourth-order valence-corrected chi connectivity index (χ4v) is 2.60. The molecule has 0 fully saturated rings. The van der Waals surface area contributed by atoms with Crippen molar-refractivity contribution in [2.24, 2.45) is 0 Å². The molecule has 1 N–H and O–H groups in total. The molecule has 0 saturated carbocycles. The van der Waals surface area contributed by atoms with Crippen LogP contribution in [0.4, 0.5) is 24.5 Å². The highest BCUT2D eigenvalue weighted by atomic mass is 19.4. The van der Waals surface area contributed by atoms with Crippen molar-refractivity contribution in [2.75, 3.05) is 5.32 Å². The number of anilines is 1. The summed E-state index contributed by atoms with van der Waals surface area (Å²) >= 11 is 0. The van der Waals surface area contributed by atoms with E-state index in [9.17, 15) is 33.3 Å². The van der Waals surface area contributed by atoms with Crippen molar-refractivity contribution in [2.45, 2.75) is 6.18 Å². The van der Waals surface area contributed by atoms with Crippen LogP contribution in [0.25, 0.3) is 23.5 Å². The van der Waals surface area contributed by atoms with Gasteiger partial charge >= 0.3 is 17.9 Å². The minimum Gasteiger partial charge on any atom is -0.710 e. The van der Waals surface area contributed by atoms with Crippen LogP contribution in [-0.4, -0.2) is 22.0 Å². The fourth-order valence-electron chi connectivity index (χ4n) is 2.60. The quantitative estimate of drug-likeness (QED) is 0.285. The molecule has 0 atom stereocenters. The van der Waals surface area contributed by atoms with E-state index < -0.39 is 17.0 Å². The maximum Gasteiger partial charge on any atom is 0.471 e. The fraction of sp³-hybridized carbons (Fsp3) is 0.0500. The molecule has 1 aromatic heterocycles. The minimum atomic E-state index is -5.01. The van der Waals surface area contributed by atoms with Crippen molar-refractivity contribution < 1.29 is 27.6 Å². The van der Waals surface area contributed by atoms with E-state index in [1.807, 2.05) is 0 Å². The summed E-state index contributed by atoms with van der Waals surface area (Å²) < 4.78 is 37.6. The molecule has 0 bridgehead atoms. The third-order valence-corrected chi connectivity index (χ3v) is 4.03. The van der Waals surface area contributed by atoms with Gasteiger partial charge in [-0.1, -0.05) is 24.3 Å². The number of nitro groups is 1. The van der Waals surface area contributed by atoms with Gasteiger partial charge in [-0.15, -0.1) is 0 Å². The summed E-state index contributed by atoms with van der Waals surface area (Å²) in [5.74, 6) is -2.15. The molecule has 11 heteroatoms. The van der Waals surface area contributed by atoms with E-state index >= 15 is 0 Å². The Balaban J connectivity index is 1.86. The number of carbonyl (C=O) groups excluding carboxylic acids is 1. The van der Waals surface area contributed by atoms with E-state index in [4.69, 9.17) is 0 Å². The van der Waals surface area contributed by atoms with E-state index in [0.717, 1.165) is 0 Å². The van der Waals surface area contributed by atoms with Crippen molar-refractivity contribution in [3.8, 4) is 11.4 Å². The Morgan fingerprint density at radius 1 is 1.10 bits per heavy atom. The molecule has 8 nitrogen and oxygen atoms in total. The molecule has 0 spiro atoms. The molecule has 31 heavy (non-hydrogen) atoms. The summed E-state index contributed by atoms with van der Waals surface area (Å²) in [6.07, 6.45) is -0.799. The first-order chi connectivity index (χ1) is 14.6. The number of hydrogen-bond acceptors (Lipinski definition) is 5. The lowest BCUT2D eigenvalue weighted by Crippen LogP contribution is -2.33. The van der Waals surface area contributed by atoms with Crippen molar-refractivity contribution >= 4 is 29.4 Å². The number of nitrogens with zero attached hydrogens (tertiary/aromatic N) is 3. The van der Waals surface area contributed by atoms with Gasteiger partial charge in [0.05, 0.1) is 10.5 Å². The van der Waals surface area contributed by atoms with Gasteiger partial charge in [-0.25, -0.2) is 4.73 Å². The zero-order chi connectivity index (χ0) is 22.6. The number of nitro benzene ring substituents is 1. The van der Waals surface area contributed by atoms with Crippen LogP contribution in [0.1, 0.15) is 11.3 Å². The van der Waals surface area contributed by atoms with Gasteiger partial charge in [0.2, 0.25) is 0 Å². The molecule has 3 aromatic rings. The third-order valence-electron chi connectivity index (χ3n) is 4.03. The van der Waals surface area contributed by atoms with Gasteiger partial charge in [0.25, 0.3) is 5.69 Å². The highest BCUT2D eigenvalue weighted by molar-refractivity contribution is 5.95.